The van der Waals surface area contributed by atoms with Crippen LogP contribution in [0.4, 0.5) is 24.9 Å². The summed E-state index contributed by atoms with van der Waals surface area (Å²) in [6.07, 6.45) is 8.72. The van der Waals surface area contributed by atoms with Gasteiger partial charge in [0.05, 0.1) is 5.69 Å². The van der Waals surface area contributed by atoms with Gasteiger partial charge in [-0.2, -0.15) is 18.2 Å². The van der Waals surface area contributed by atoms with Crippen molar-refractivity contribution >= 4 is 23.5 Å². The molecule has 2 N–H and O–H groups in total. The van der Waals surface area contributed by atoms with Crippen LogP contribution in [-0.2, 0) is 19.4 Å². The molecule has 34 heavy (non-hydrogen) atoms. The lowest BCUT2D eigenvalue weighted by Gasteiger charge is -2.30. The van der Waals surface area contributed by atoms with Gasteiger partial charge in [0, 0.05) is 37.1 Å². The molecule has 0 radical (unpaired) electrons. The fourth-order valence-corrected chi connectivity index (χ4v) is 5.65. The summed E-state index contributed by atoms with van der Waals surface area (Å²) in [5, 5.41) is 6.96. The molecule has 4 rings (SSSR count). The fourth-order valence-electron chi connectivity index (χ4n) is 4.99. The summed E-state index contributed by atoms with van der Waals surface area (Å²) in [7, 11) is 4.08. The summed E-state index contributed by atoms with van der Waals surface area (Å²) in [5.74, 6) is 2.31. The van der Waals surface area contributed by atoms with Crippen molar-refractivity contribution in [2.75, 3.05) is 30.9 Å². The molecule has 2 aromatic rings. The Morgan fingerprint density at radius 2 is 1.76 bits per heavy atom. The molecule has 2 aliphatic carbocycles. The third-order valence-electron chi connectivity index (χ3n) is 6.71. The molecule has 1 aromatic carbocycles. The van der Waals surface area contributed by atoms with Crippen molar-refractivity contribution in [3.8, 4) is 0 Å². The zero-order chi connectivity index (χ0) is 24.1. The molecule has 1 heterocycles. The van der Waals surface area contributed by atoms with Gasteiger partial charge in [0.1, 0.15) is 5.82 Å². The molecule has 2 aliphatic rings. The fraction of sp³-hybridized carbons (Fsp3) is 0.600. The van der Waals surface area contributed by atoms with Gasteiger partial charge in [-0.15, -0.1) is 0 Å². The number of fused-ring (bicyclic) bond motifs is 1. The highest BCUT2D eigenvalue weighted by Crippen LogP contribution is 2.38. The van der Waals surface area contributed by atoms with Crippen LogP contribution in [0, 0.1) is 5.92 Å². The average Bonchev–Trinajstić information content (AvgIpc) is 2.80. The van der Waals surface area contributed by atoms with E-state index in [2.05, 4.69) is 15.5 Å². The first-order valence-corrected chi connectivity index (χ1v) is 13.0. The summed E-state index contributed by atoms with van der Waals surface area (Å²) >= 11 is -0.0375. The first-order valence-electron chi connectivity index (χ1n) is 12.2. The molecule has 0 amide bonds. The van der Waals surface area contributed by atoms with Crippen molar-refractivity contribution in [2.45, 2.75) is 74.4 Å². The van der Waals surface area contributed by atoms with Crippen molar-refractivity contribution in [3.05, 3.63) is 41.1 Å². The number of thioether (sulfide) groups is 1. The Morgan fingerprint density at radius 3 is 2.50 bits per heavy atom. The SMILES string of the molecule is CN(C)c1nc(NC2CCC(CNCc3ccccc3SC(F)(F)F)CC2)nc2c1CCCC2. The Balaban J connectivity index is 1.26. The molecule has 5 nitrogen and oxygen atoms in total. The third kappa shape index (κ3) is 6.78. The standard InChI is InChI=1S/C25H34F3N5S/c1-33(2)23-20-8-4-5-9-21(20)31-24(32-23)30-19-13-11-17(12-14-19)15-29-16-18-7-3-6-10-22(18)34-25(26,27)28/h3,6-7,10,17,19,29H,4-5,8-9,11-16H2,1-2H3,(H,30,31,32). The van der Waals surface area contributed by atoms with E-state index in [4.69, 9.17) is 9.97 Å². The van der Waals surface area contributed by atoms with E-state index < -0.39 is 5.51 Å². The monoisotopic (exact) mass is 493 g/mol. The number of hydrogen-bond donors (Lipinski definition) is 2. The zero-order valence-corrected chi connectivity index (χ0v) is 20.7. The minimum absolute atomic E-state index is 0.0375. The van der Waals surface area contributed by atoms with Crippen LogP contribution >= 0.6 is 11.8 Å². The Labute approximate surface area is 204 Å². The molecule has 0 spiro atoms. The molecular weight excluding hydrogens is 459 g/mol. The highest BCUT2D eigenvalue weighted by Gasteiger charge is 2.30. The Kier molecular flexibility index (Phi) is 8.24. The van der Waals surface area contributed by atoms with Crippen LogP contribution in [0.2, 0.25) is 0 Å². The molecule has 0 bridgehead atoms. The molecule has 0 aliphatic heterocycles. The van der Waals surface area contributed by atoms with Crippen molar-refractivity contribution in [1.29, 1.82) is 0 Å². The van der Waals surface area contributed by atoms with Gasteiger partial charge in [0.2, 0.25) is 5.95 Å². The van der Waals surface area contributed by atoms with Gasteiger partial charge in [-0.1, -0.05) is 18.2 Å². The van der Waals surface area contributed by atoms with Crippen LogP contribution in [0.25, 0.3) is 0 Å². The maximum absolute atomic E-state index is 12.8. The van der Waals surface area contributed by atoms with Crippen LogP contribution in [0.15, 0.2) is 29.2 Å². The van der Waals surface area contributed by atoms with Crippen LogP contribution < -0.4 is 15.5 Å². The van der Waals surface area contributed by atoms with Gasteiger partial charge in [0.25, 0.3) is 0 Å². The van der Waals surface area contributed by atoms with E-state index in [1.54, 1.807) is 18.2 Å². The van der Waals surface area contributed by atoms with Gasteiger partial charge in [0.15, 0.2) is 0 Å². The smallest absolute Gasteiger partial charge is 0.362 e. The van der Waals surface area contributed by atoms with E-state index in [1.807, 2.05) is 14.1 Å². The number of nitrogens with one attached hydrogen (secondary N) is 2. The first-order chi connectivity index (χ1) is 16.3. The quantitative estimate of drug-likeness (QED) is 0.454. The predicted octanol–water partition coefficient (Wildman–Crippen LogP) is 5.79. The molecule has 0 saturated heterocycles. The molecule has 0 unspecified atom stereocenters. The molecule has 1 fully saturated rings. The molecular formula is C25H34F3N5S. The van der Waals surface area contributed by atoms with Gasteiger partial charge < -0.3 is 15.5 Å². The average molecular weight is 494 g/mol. The lowest BCUT2D eigenvalue weighted by molar-refractivity contribution is -0.0328. The van der Waals surface area contributed by atoms with E-state index in [0.717, 1.165) is 56.8 Å². The number of nitrogens with zero attached hydrogens (tertiary/aromatic N) is 3. The highest BCUT2D eigenvalue weighted by atomic mass is 32.2. The largest absolute Gasteiger partial charge is 0.446 e. The highest BCUT2D eigenvalue weighted by molar-refractivity contribution is 8.00. The minimum Gasteiger partial charge on any atom is -0.362 e. The third-order valence-corrected chi connectivity index (χ3v) is 7.56. The van der Waals surface area contributed by atoms with Crippen molar-refractivity contribution < 1.29 is 13.2 Å². The van der Waals surface area contributed by atoms with E-state index in [1.165, 1.54) is 30.2 Å². The van der Waals surface area contributed by atoms with Gasteiger partial charge in [-0.05, 0) is 87.2 Å². The topological polar surface area (TPSA) is 53.1 Å². The molecule has 9 heteroatoms. The van der Waals surface area contributed by atoms with Crippen LogP contribution in [0.5, 0.6) is 0 Å². The summed E-state index contributed by atoms with van der Waals surface area (Å²) in [5.41, 5.74) is -1.08. The number of halogens is 3. The minimum atomic E-state index is -4.27. The number of hydrogen-bond acceptors (Lipinski definition) is 6. The predicted molar refractivity (Wildman–Crippen MR) is 132 cm³/mol. The number of aryl methyl sites for hydroxylation is 1. The Hall–Kier alpha value is -2.00. The molecule has 186 valence electrons. The molecule has 1 saturated carbocycles. The second-order valence-electron chi connectivity index (χ2n) is 9.55. The first kappa shape index (κ1) is 25.1. The Morgan fingerprint density at radius 1 is 1.03 bits per heavy atom. The number of rotatable bonds is 8. The van der Waals surface area contributed by atoms with Crippen LogP contribution in [0.1, 0.15) is 55.3 Å². The van der Waals surface area contributed by atoms with Gasteiger partial charge in [-0.3, -0.25) is 0 Å². The van der Waals surface area contributed by atoms with E-state index in [-0.39, 0.29) is 16.7 Å². The normalized spacial score (nSPS) is 20.6. The maximum Gasteiger partial charge on any atom is 0.446 e. The number of aromatic nitrogens is 2. The maximum atomic E-state index is 12.8. The zero-order valence-electron chi connectivity index (χ0n) is 19.9. The Bertz CT molecular complexity index is 958. The summed E-state index contributed by atoms with van der Waals surface area (Å²) in [6.45, 7) is 1.27. The second-order valence-corrected chi connectivity index (χ2v) is 10.7. The van der Waals surface area contributed by atoms with Crippen molar-refractivity contribution in [2.24, 2.45) is 5.92 Å². The van der Waals surface area contributed by atoms with Crippen LogP contribution in [-0.4, -0.2) is 42.2 Å². The van der Waals surface area contributed by atoms with Crippen molar-refractivity contribution in [1.82, 2.24) is 15.3 Å². The lowest BCUT2D eigenvalue weighted by atomic mass is 9.86. The molecule has 1 aromatic heterocycles. The number of benzene rings is 1. The van der Waals surface area contributed by atoms with Gasteiger partial charge in [-0.25, -0.2) is 4.98 Å². The van der Waals surface area contributed by atoms with Crippen LogP contribution in [0.3, 0.4) is 0 Å². The van der Waals surface area contributed by atoms with Gasteiger partial charge >= 0.3 is 5.51 Å². The van der Waals surface area contributed by atoms with E-state index >= 15 is 0 Å². The second kappa shape index (κ2) is 11.2. The summed E-state index contributed by atoms with van der Waals surface area (Å²) < 4.78 is 38.4. The summed E-state index contributed by atoms with van der Waals surface area (Å²) in [6, 6.07) is 7.11. The molecule has 0 atom stereocenters. The summed E-state index contributed by atoms with van der Waals surface area (Å²) in [4.78, 5) is 12.0. The lowest BCUT2D eigenvalue weighted by Crippen LogP contribution is -2.32. The number of anilines is 2. The van der Waals surface area contributed by atoms with E-state index in [9.17, 15) is 13.2 Å². The number of alkyl halides is 3. The van der Waals surface area contributed by atoms with E-state index in [0.29, 0.717) is 24.1 Å². The van der Waals surface area contributed by atoms with Crippen molar-refractivity contribution in [3.63, 3.8) is 0 Å².